The summed E-state index contributed by atoms with van der Waals surface area (Å²) in [5.41, 5.74) is 1.05. The zero-order valence-electron chi connectivity index (χ0n) is 16.0. The van der Waals surface area contributed by atoms with Gasteiger partial charge in [-0.1, -0.05) is 0 Å². The summed E-state index contributed by atoms with van der Waals surface area (Å²) < 4.78 is 22.2. The molecule has 0 unspecified atom stereocenters. The third-order valence-corrected chi connectivity index (χ3v) is 5.38. The zero-order chi connectivity index (χ0) is 20.0. The van der Waals surface area contributed by atoms with Crippen LogP contribution in [0.2, 0.25) is 0 Å². The van der Waals surface area contributed by atoms with Gasteiger partial charge in [-0.3, -0.25) is 4.40 Å². The molecule has 0 bridgehead atoms. The van der Waals surface area contributed by atoms with Crippen LogP contribution in [-0.2, 0) is 0 Å². The zero-order valence-corrected chi connectivity index (χ0v) is 16.0. The van der Waals surface area contributed by atoms with Gasteiger partial charge in [0.1, 0.15) is 11.4 Å². The predicted octanol–water partition coefficient (Wildman–Crippen LogP) is 2.78. The van der Waals surface area contributed by atoms with Gasteiger partial charge < -0.3 is 14.2 Å². The smallest absolute Gasteiger partial charge is 0.345 e. The molecular weight excluding hydrogens is 373 g/mol. The first-order chi connectivity index (χ1) is 14.1. The lowest BCUT2D eigenvalue weighted by Crippen LogP contribution is -2.28. The highest BCUT2D eigenvalue weighted by atomic mass is 19.1. The Morgan fingerprint density at radius 3 is 2.90 bits per heavy atom. The molecule has 1 aliphatic heterocycles. The van der Waals surface area contributed by atoms with E-state index in [4.69, 9.17) is 4.42 Å². The summed E-state index contributed by atoms with van der Waals surface area (Å²) in [7, 11) is 2.08. The molecule has 4 aromatic rings. The number of imidazole rings is 1. The Balaban J connectivity index is 1.58. The van der Waals surface area contributed by atoms with Gasteiger partial charge in [0.2, 0.25) is 5.78 Å². The number of aromatic nitrogens is 3. The molecule has 0 radical (unpaired) electrons. The van der Waals surface area contributed by atoms with E-state index < -0.39 is 11.4 Å². The van der Waals surface area contributed by atoms with Crippen LogP contribution in [0.3, 0.4) is 0 Å². The largest absolute Gasteiger partial charge is 0.422 e. The third-order valence-electron chi connectivity index (χ3n) is 5.38. The molecule has 3 aromatic heterocycles. The van der Waals surface area contributed by atoms with E-state index >= 15 is 0 Å². The van der Waals surface area contributed by atoms with E-state index in [-0.39, 0.29) is 16.5 Å². The molecule has 1 fully saturated rings. The van der Waals surface area contributed by atoms with E-state index in [1.807, 2.05) is 0 Å². The molecule has 1 aliphatic rings. The van der Waals surface area contributed by atoms with Crippen molar-refractivity contribution in [1.29, 1.82) is 0 Å². The maximum atomic E-state index is 15.0. The van der Waals surface area contributed by atoms with Crippen molar-refractivity contribution in [3.05, 3.63) is 59.1 Å². The first-order valence-electron chi connectivity index (χ1n) is 9.59. The van der Waals surface area contributed by atoms with Crippen molar-refractivity contribution in [2.45, 2.75) is 6.42 Å². The average molecular weight is 393 g/mol. The summed E-state index contributed by atoms with van der Waals surface area (Å²) in [6.07, 6.45) is 6.09. The molecule has 0 atom stereocenters. The number of anilines is 1. The monoisotopic (exact) mass is 393 g/mol. The van der Waals surface area contributed by atoms with E-state index in [1.165, 1.54) is 12.1 Å². The van der Waals surface area contributed by atoms with E-state index in [0.717, 1.165) is 38.3 Å². The van der Waals surface area contributed by atoms with Gasteiger partial charge in [0.05, 0.1) is 16.6 Å². The van der Waals surface area contributed by atoms with Gasteiger partial charge in [-0.05, 0) is 38.2 Å². The molecule has 0 amide bonds. The Hall–Kier alpha value is -3.26. The van der Waals surface area contributed by atoms with Crippen molar-refractivity contribution in [3.63, 3.8) is 0 Å². The van der Waals surface area contributed by atoms with Crippen LogP contribution < -0.4 is 10.5 Å². The first-order valence-corrected chi connectivity index (χ1v) is 9.59. The minimum Gasteiger partial charge on any atom is -0.422 e. The fourth-order valence-corrected chi connectivity index (χ4v) is 3.79. The van der Waals surface area contributed by atoms with Gasteiger partial charge >= 0.3 is 5.63 Å². The van der Waals surface area contributed by atoms with E-state index in [0.29, 0.717) is 11.5 Å². The molecule has 1 aromatic carbocycles. The van der Waals surface area contributed by atoms with Crippen LogP contribution in [0, 0.1) is 5.82 Å². The number of nitrogens with zero attached hydrogens (tertiary/aromatic N) is 5. The number of hydrogen-bond acceptors (Lipinski definition) is 6. The van der Waals surface area contributed by atoms with Gasteiger partial charge in [0.25, 0.3) is 0 Å². The summed E-state index contributed by atoms with van der Waals surface area (Å²) in [4.78, 5) is 25.5. The molecular formula is C21H20FN5O2. The van der Waals surface area contributed by atoms with Crippen LogP contribution in [0.4, 0.5) is 10.1 Å². The van der Waals surface area contributed by atoms with Gasteiger partial charge in [-0.25, -0.2) is 19.2 Å². The van der Waals surface area contributed by atoms with Gasteiger partial charge in [0, 0.05) is 50.0 Å². The van der Waals surface area contributed by atoms with Crippen molar-refractivity contribution in [2.24, 2.45) is 0 Å². The second kappa shape index (κ2) is 6.97. The molecule has 148 valence electrons. The number of fused-ring (bicyclic) bond motifs is 2. The normalized spacial score (nSPS) is 15.9. The highest BCUT2D eigenvalue weighted by Crippen LogP contribution is 2.28. The number of halogens is 1. The van der Waals surface area contributed by atoms with Gasteiger partial charge in [0.15, 0.2) is 0 Å². The first kappa shape index (κ1) is 17.8. The molecule has 0 N–H and O–H groups in total. The van der Waals surface area contributed by atoms with E-state index in [2.05, 4.69) is 26.8 Å². The molecule has 4 heterocycles. The topological polar surface area (TPSA) is 66.9 Å². The van der Waals surface area contributed by atoms with Crippen LogP contribution in [0.5, 0.6) is 0 Å². The van der Waals surface area contributed by atoms with E-state index in [1.54, 1.807) is 35.1 Å². The van der Waals surface area contributed by atoms with Crippen LogP contribution in [-0.4, -0.2) is 52.5 Å². The molecule has 0 aliphatic carbocycles. The Kier molecular flexibility index (Phi) is 4.28. The average Bonchev–Trinajstić information content (AvgIpc) is 3.01. The summed E-state index contributed by atoms with van der Waals surface area (Å²) in [5, 5.41) is 0.264. The molecule has 29 heavy (non-hydrogen) atoms. The lowest BCUT2D eigenvalue weighted by molar-refractivity contribution is 0.360. The highest BCUT2D eigenvalue weighted by molar-refractivity contribution is 5.85. The maximum absolute atomic E-state index is 15.0. The molecule has 7 nitrogen and oxygen atoms in total. The Morgan fingerprint density at radius 1 is 1.14 bits per heavy atom. The van der Waals surface area contributed by atoms with Gasteiger partial charge in [-0.15, -0.1) is 0 Å². The Morgan fingerprint density at radius 2 is 2.03 bits per heavy atom. The van der Waals surface area contributed by atoms with Crippen molar-refractivity contribution in [1.82, 2.24) is 19.3 Å². The molecule has 0 spiro atoms. The second-order valence-electron chi connectivity index (χ2n) is 7.38. The van der Waals surface area contributed by atoms with Crippen LogP contribution >= 0.6 is 0 Å². The number of rotatable bonds is 2. The summed E-state index contributed by atoms with van der Waals surface area (Å²) in [6.45, 7) is 3.56. The Bertz CT molecular complexity index is 1230. The fourth-order valence-electron chi connectivity index (χ4n) is 3.79. The second-order valence-corrected chi connectivity index (χ2v) is 7.38. The minimum atomic E-state index is -0.548. The van der Waals surface area contributed by atoms with Crippen molar-refractivity contribution in [3.8, 4) is 11.3 Å². The van der Waals surface area contributed by atoms with Crippen molar-refractivity contribution >= 4 is 22.4 Å². The number of likely N-dealkylation sites (N-methyl/N-ethyl adjacent to an activating group) is 1. The van der Waals surface area contributed by atoms with Crippen LogP contribution in [0.1, 0.15) is 6.42 Å². The van der Waals surface area contributed by atoms with Crippen LogP contribution in [0.25, 0.3) is 28.0 Å². The SMILES string of the molecule is CN1CCCN(c2cc(F)c3cc(-c4cn5cccnc5n4)c(=O)oc3c2)CC1. The summed E-state index contributed by atoms with van der Waals surface area (Å²) in [5.74, 6) is 0.0472. The fraction of sp³-hybridized carbons (Fsp3) is 0.286. The predicted molar refractivity (Wildman–Crippen MR) is 109 cm³/mol. The van der Waals surface area contributed by atoms with E-state index in [9.17, 15) is 9.18 Å². The third kappa shape index (κ3) is 3.25. The molecule has 5 rings (SSSR count). The summed E-state index contributed by atoms with van der Waals surface area (Å²) >= 11 is 0. The van der Waals surface area contributed by atoms with Crippen molar-refractivity contribution in [2.75, 3.05) is 38.1 Å². The minimum absolute atomic E-state index is 0.214. The Labute approximate surface area is 166 Å². The van der Waals surface area contributed by atoms with Gasteiger partial charge in [-0.2, -0.15) is 0 Å². The maximum Gasteiger partial charge on any atom is 0.345 e. The van der Waals surface area contributed by atoms with Crippen LogP contribution in [0.15, 0.2) is 52.1 Å². The molecule has 0 saturated carbocycles. The molecule has 1 saturated heterocycles. The highest BCUT2D eigenvalue weighted by Gasteiger charge is 2.18. The van der Waals surface area contributed by atoms with Crippen molar-refractivity contribution < 1.29 is 8.81 Å². The standard InChI is InChI=1S/C21H20FN5O2/c1-25-5-3-7-26(9-8-25)14-10-17(22)15-12-16(20(28)29-19(15)11-14)18-13-27-6-2-4-23-21(27)24-18/h2,4,6,10-13H,3,5,7-9H2,1H3. The number of hydrogen-bond donors (Lipinski definition) is 0. The molecule has 8 heteroatoms. The number of benzene rings is 1. The lowest BCUT2D eigenvalue weighted by Gasteiger charge is -2.23. The quantitative estimate of drug-likeness (QED) is 0.488. The lowest BCUT2D eigenvalue weighted by atomic mass is 10.1. The summed E-state index contributed by atoms with van der Waals surface area (Å²) in [6, 6.07) is 6.55.